The topological polar surface area (TPSA) is 39.1 Å². The SMILES string of the molecule is N#Cc1ccc(CN2CC3CCCNC3C2)c(F)c1. The van der Waals surface area contributed by atoms with Crippen LogP contribution in [0.15, 0.2) is 18.2 Å². The Bertz CT molecular complexity index is 495. The van der Waals surface area contributed by atoms with E-state index in [-0.39, 0.29) is 5.82 Å². The van der Waals surface area contributed by atoms with E-state index in [1.165, 1.54) is 18.9 Å². The monoisotopic (exact) mass is 259 g/mol. The van der Waals surface area contributed by atoms with Gasteiger partial charge in [-0.3, -0.25) is 4.90 Å². The average Bonchev–Trinajstić information content (AvgIpc) is 2.83. The first-order valence-electron chi connectivity index (χ1n) is 6.90. The quantitative estimate of drug-likeness (QED) is 0.881. The van der Waals surface area contributed by atoms with Crippen molar-refractivity contribution in [1.82, 2.24) is 10.2 Å². The van der Waals surface area contributed by atoms with Crippen molar-refractivity contribution in [2.45, 2.75) is 25.4 Å². The number of halogens is 1. The van der Waals surface area contributed by atoms with Crippen molar-refractivity contribution in [2.75, 3.05) is 19.6 Å². The molecule has 2 fully saturated rings. The normalized spacial score (nSPS) is 26.9. The lowest BCUT2D eigenvalue weighted by Gasteiger charge is -2.24. The van der Waals surface area contributed by atoms with E-state index in [0.717, 1.165) is 25.6 Å². The molecule has 2 aliphatic rings. The Morgan fingerprint density at radius 1 is 1.42 bits per heavy atom. The first-order chi connectivity index (χ1) is 9.26. The second-order valence-corrected chi connectivity index (χ2v) is 5.58. The summed E-state index contributed by atoms with van der Waals surface area (Å²) in [4.78, 5) is 2.32. The highest BCUT2D eigenvalue weighted by atomic mass is 19.1. The van der Waals surface area contributed by atoms with Gasteiger partial charge in [-0.25, -0.2) is 4.39 Å². The molecular formula is C15H18FN3. The highest BCUT2D eigenvalue weighted by Crippen LogP contribution is 2.26. The Morgan fingerprint density at radius 3 is 3.05 bits per heavy atom. The molecule has 0 saturated carbocycles. The number of nitriles is 1. The van der Waals surface area contributed by atoms with Crippen LogP contribution in [0.25, 0.3) is 0 Å². The highest BCUT2D eigenvalue weighted by Gasteiger charge is 2.34. The Balaban J connectivity index is 1.67. The maximum absolute atomic E-state index is 13.9. The standard InChI is InChI=1S/C15H18FN3/c16-14-6-11(7-17)3-4-12(14)8-19-9-13-2-1-5-18-15(13)10-19/h3-4,6,13,15,18H,1-2,5,8-10H2. The fourth-order valence-electron chi connectivity index (χ4n) is 3.25. The van der Waals surface area contributed by atoms with Crippen molar-refractivity contribution in [3.8, 4) is 6.07 Å². The molecule has 0 bridgehead atoms. The predicted octanol–water partition coefficient (Wildman–Crippen LogP) is 1.88. The van der Waals surface area contributed by atoms with Crippen molar-refractivity contribution >= 4 is 0 Å². The van der Waals surface area contributed by atoms with Gasteiger partial charge in [0.05, 0.1) is 11.6 Å². The van der Waals surface area contributed by atoms with Crippen LogP contribution < -0.4 is 5.32 Å². The van der Waals surface area contributed by atoms with Gasteiger partial charge in [0.15, 0.2) is 0 Å². The van der Waals surface area contributed by atoms with Gasteiger partial charge in [-0.1, -0.05) is 6.07 Å². The van der Waals surface area contributed by atoms with E-state index in [1.807, 2.05) is 6.07 Å². The maximum Gasteiger partial charge on any atom is 0.129 e. The minimum atomic E-state index is -0.262. The molecule has 19 heavy (non-hydrogen) atoms. The lowest BCUT2D eigenvalue weighted by atomic mass is 9.94. The van der Waals surface area contributed by atoms with E-state index >= 15 is 0 Å². The zero-order valence-corrected chi connectivity index (χ0v) is 10.9. The molecule has 3 nitrogen and oxygen atoms in total. The second kappa shape index (κ2) is 5.28. The van der Waals surface area contributed by atoms with Crippen molar-refractivity contribution < 1.29 is 4.39 Å². The Morgan fingerprint density at radius 2 is 2.32 bits per heavy atom. The summed E-state index contributed by atoms with van der Waals surface area (Å²) in [6, 6.07) is 7.31. The van der Waals surface area contributed by atoms with E-state index < -0.39 is 0 Å². The number of benzene rings is 1. The van der Waals surface area contributed by atoms with Gasteiger partial charge < -0.3 is 5.32 Å². The van der Waals surface area contributed by atoms with Gasteiger partial charge in [0.2, 0.25) is 0 Å². The lowest BCUT2D eigenvalue weighted by Crippen LogP contribution is -2.40. The van der Waals surface area contributed by atoms with Crippen LogP contribution in [0.2, 0.25) is 0 Å². The number of likely N-dealkylation sites (tertiary alicyclic amines) is 1. The summed E-state index contributed by atoms with van der Waals surface area (Å²) in [6.07, 6.45) is 2.53. The average molecular weight is 259 g/mol. The van der Waals surface area contributed by atoms with E-state index in [0.29, 0.717) is 23.7 Å². The number of rotatable bonds is 2. The number of hydrogen-bond donors (Lipinski definition) is 1. The van der Waals surface area contributed by atoms with Gasteiger partial charge in [-0.05, 0) is 37.4 Å². The van der Waals surface area contributed by atoms with Crippen LogP contribution in [0, 0.1) is 23.1 Å². The summed E-state index contributed by atoms with van der Waals surface area (Å²) >= 11 is 0. The summed E-state index contributed by atoms with van der Waals surface area (Å²) in [5, 5.41) is 12.3. The molecule has 1 N–H and O–H groups in total. The minimum Gasteiger partial charge on any atom is -0.312 e. The first kappa shape index (κ1) is 12.6. The van der Waals surface area contributed by atoms with Gasteiger partial charge in [-0.2, -0.15) is 5.26 Å². The van der Waals surface area contributed by atoms with Crippen molar-refractivity contribution in [1.29, 1.82) is 5.26 Å². The van der Waals surface area contributed by atoms with Crippen LogP contribution in [0.4, 0.5) is 4.39 Å². The molecule has 3 rings (SSSR count). The molecular weight excluding hydrogens is 241 g/mol. The first-order valence-corrected chi connectivity index (χ1v) is 6.90. The Kier molecular flexibility index (Phi) is 3.50. The number of piperidine rings is 1. The Labute approximate surface area is 113 Å². The van der Waals surface area contributed by atoms with Crippen LogP contribution >= 0.6 is 0 Å². The van der Waals surface area contributed by atoms with Gasteiger partial charge in [0.1, 0.15) is 5.82 Å². The van der Waals surface area contributed by atoms with Crippen LogP contribution in [0.1, 0.15) is 24.0 Å². The molecule has 1 aromatic rings. The van der Waals surface area contributed by atoms with E-state index in [9.17, 15) is 4.39 Å². The highest BCUT2D eigenvalue weighted by molar-refractivity contribution is 5.32. The molecule has 0 spiro atoms. The summed E-state index contributed by atoms with van der Waals surface area (Å²) in [5.74, 6) is 0.456. The summed E-state index contributed by atoms with van der Waals surface area (Å²) in [5.41, 5.74) is 1.08. The third kappa shape index (κ3) is 2.63. The molecule has 0 radical (unpaired) electrons. The van der Waals surface area contributed by atoms with E-state index in [1.54, 1.807) is 12.1 Å². The molecule has 2 saturated heterocycles. The summed E-state index contributed by atoms with van der Waals surface area (Å²) in [7, 11) is 0. The largest absolute Gasteiger partial charge is 0.312 e. The van der Waals surface area contributed by atoms with Gasteiger partial charge in [-0.15, -0.1) is 0 Å². The molecule has 1 aromatic carbocycles. The van der Waals surface area contributed by atoms with Crippen LogP contribution in [0.3, 0.4) is 0 Å². The summed E-state index contributed by atoms with van der Waals surface area (Å²) in [6.45, 7) is 3.81. The third-order valence-electron chi connectivity index (χ3n) is 4.25. The molecule has 0 amide bonds. The van der Waals surface area contributed by atoms with E-state index in [4.69, 9.17) is 5.26 Å². The molecule has 2 atom stereocenters. The lowest BCUT2D eigenvalue weighted by molar-refractivity contribution is 0.308. The predicted molar refractivity (Wildman–Crippen MR) is 70.9 cm³/mol. The minimum absolute atomic E-state index is 0.262. The number of nitrogens with one attached hydrogen (secondary N) is 1. The van der Waals surface area contributed by atoms with Gasteiger partial charge in [0, 0.05) is 31.2 Å². The molecule has 2 heterocycles. The smallest absolute Gasteiger partial charge is 0.129 e. The van der Waals surface area contributed by atoms with Crippen molar-refractivity contribution in [3.63, 3.8) is 0 Å². The van der Waals surface area contributed by atoms with Crippen molar-refractivity contribution in [2.24, 2.45) is 5.92 Å². The molecule has 2 unspecified atom stereocenters. The summed E-state index contributed by atoms with van der Waals surface area (Å²) < 4.78 is 13.9. The van der Waals surface area contributed by atoms with Crippen LogP contribution in [-0.2, 0) is 6.54 Å². The number of nitrogens with zero attached hydrogens (tertiary/aromatic N) is 2. The van der Waals surface area contributed by atoms with Crippen LogP contribution in [0.5, 0.6) is 0 Å². The zero-order chi connectivity index (χ0) is 13.2. The second-order valence-electron chi connectivity index (χ2n) is 5.58. The van der Waals surface area contributed by atoms with Crippen LogP contribution in [-0.4, -0.2) is 30.6 Å². The van der Waals surface area contributed by atoms with Gasteiger partial charge in [0.25, 0.3) is 0 Å². The zero-order valence-electron chi connectivity index (χ0n) is 10.9. The number of hydrogen-bond acceptors (Lipinski definition) is 3. The number of fused-ring (bicyclic) bond motifs is 1. The fraction of sp³-hybridized carbons (Fsp3) is 0.533. The molecule has 4 heteroatoms. The molecule has 0 aromatic heterocycles. The fourth-order valence-corrected chi connectivity index (χ4v) is 3.25. The maximum atomic E-state index is 13.9. The molecule has 0 aliphatic carbocycles. The van der Waals surface area contributed by atoms with Gasteiger partial charge >= 0.3 is 0 Å². The third-order valence-corrected chi connectivity index (χ3v) is 4.25. The van der Waals surface area contributed by atoms with E-state index in [2.05, 4.69) is 10.2 Å². The molecule has 2 aliphatic heterocycles. The van der Waals surface area contributed by atoms with Crippen molar-refractivity contribution in [3.05, 3.63) is 35.1 Å². The Hall–Kier alpha value is -1.44. The molecule has 100 valence electrons.